The number of benzene rings is 2. The number of anilines is 1. The standard InChI is InChI=1S/C24H22F2N4O3/c1-11-7-15(13(3)29-18-6-5-17(25)20(26)19(18)24(27)32)23-16(8-11)21(31)12(2)22(33-23)14-9-28-30(4)10-14/h5-10,13,29H,1-4H3,(H2,27,32). The molecule has 0 aliphatic carbocycles. The monoisotopic (exact) mass is 452 g/mol. The number of aryl methyl sites for hydroxylation is 2. The van der Waals surface area contributed by atoms with E-state index in [0.717, 1.165) is 11.6 Å². The number of rotatable bonds is 5. The summed E-state index contributed by atoms with van der Waals surface area (Å²) < 4.78 is 35.7. The van der Waals surface area contributed by atoms with Crippen LogP contribution >= 0.6 is 0 Å². The van der Waals surface area contributed by atoms with Gasteiger partial charge in [0, 0.05) is 24.4 Å². The Balaban J connectivity index is 1.89. The van der Waals surface area contributed by atoms with E-state index < -0.39 is 29.1 Å². The van der Waals surface area contributed by atoms with Gasteiger partial charge in [-0.2, -0.15) is 5.10 Å². The van der Waals surface area contributed by atoms with Gasteiger partial charge >= 0.3 is 0 Å². The van der Waals surface area contributed by atoms with Crippen molar-refractivity contribution in [1.29, 1.82) is 0 Å². The molecule has 4 aromatic rings. The Morgan fingerprint density at radius 1 is 1.24 bits per heavy atom. The molecule has 1 amide bonds. The fourth-order valence-electron chi connectivity index (χ4n) is 3.93. The fraction of sp³-hybridized carbons (Fsp3) is 0.208. The molecular formula is C24H22F2N4O3. The maximum Gasteiger partial charge on any atom is 0.253 e. The summed E-state index contributed by atoms with van der Waals surface area (Å²) in [6.07, 6.45) is 3.35. The SMILES string of the molecule is Cc1cc(C(C)Nc2ccc(F)c(F)c2C(N)=O)c2oc(-c3cnn(C)c3)c(C)c(=O)c2c1. The number of nitrogens with two attached hydrogens (primary N) is 1. The molecule has 7 nitrogen and oxygen atoms in total. The molecule has 0 aliphatic heterocycles. The second-order valence-electron chi connectivity index (χ2n) is 8.03. The maximum atomic E-state index is 14.2. The first-order valence-electron chi connectivity index (χ1n) is 10.2. The van der Waals surface area contributed by atoms with Crippen molar-refractivity contribution in [2.75, 3.05) is 5.32 Å². The average Bonchev–Trinajstić information content (AvgIpc) is 3.18. The number of carbonyl (C=O) groups is 1. The lowest BCUT2D eigenvalue weighted by Gasteiger charge is -2.20. The normalized spacial score (nSPS) is 12.2. The second-order valence-corrected chi connectivity index (χ2v) is 8.03. The van der Waals surface area contributed by atoms with Crippen molar-refractivity contribution in [2.24, 2.45) is 12.8 Å². The van der Waals surface area contributed by atoms with Crippen LogP contribution in [0.1, 0.15) is 40.0 Å². The van der Waals surface area contributed by atoms with Crippen molar-refractivity contribution in [3.63, 3.8) is 0 Å². The Labute approximate surface area is 187 Å². The molecule has 2 aromatic carbocycles. The molecule has 170 valence electrons. The molecule has 33 heavy (non-hydrogen) atoms. The molecule has 0 spiro atoms. The Bertz CT molecular complexity index is 1470. The predicted molar refractivity (Wildman–Crippen MR) is 121 cm³/mol. The van der Waals surface area contributed by atoms with Crippen LogP contribution in [0.15, 0.2) is 45.9 Å². The number of halogens is 2. The van der Waals surface area contributed by atoms with Gasteiger partial charge in [0.05, 0.1) is 28.9 Å². The van der Waals surface area contributed by atoms with E-state index in [1.165, 1.54) is 6.07 Å². The fourth-order valence-corrected chi connectivity index (χ4v) is 3.93. The molecule has 4 rings (SSSR count). The zero-order valence-electron chi connectivity index (χ0n) is 18.5. The number of fused-ring (bicyclic) bond motifs is 1. The molecule has 2 heterocycles. The molecule has 1 atom stereocenters. The van der Waals surface area contributed by atoms with E-state index in [1.807, 2.05) is 13.0 Å². The van der Waals surface area contributed by atoms with Gasteiger partial charge < -0.3 is 15.5 Å². The number of hydrogen-bond donors (Lipinski definition) is 2. The van der Waals surface area contributed by atoms with E-state index >= 15 is 0 Å². The Hall–Kier alpha value is -4.01. The Morgan fingerprint density at radius 2 is 1.97 bits per heavy atom. The van der Waals surface area contributed by atoms with Crippen LogP contribution in [0.5, 0.6) is 0 Å². The number of amides is 1. The van der Waals surface area contributed by atoms with Crippen molar-refractivity contribution >= 4 is 22.6 Å². The van der Waals surface area contributed by atoms with E-state index in [1.54, 1.807) is 44.0 Å². The molecule has 0 radical (unpaired) electrons. The van der Waals surface area contributed by atoms with Gasteiger partial charge in [-0.25, -0.2) is 8.78 Å². The molecule has 9 heteroatoms. The molecular weight excluding hydrogens is 430 g/mol. The van der Waals surface area contributed by atoms with Crippen LogP contribution in [-0.2, 0) is 7.05 Å². The molecule has 0 saturated carbocycles. The Kier molecular flexibility index (Phi) is 5.49. The van der Waals surface area contributed by atoms with Crippen molar-refractivity contribution in [3.05, 3.63) is 80.8 Å². The zero-order valence-corrected chi connectivity index (χ0v) is 18.5. The lowest BCUT2D eigenvalue weighted by atomic mass is 9.99. The van der Waals surface area contributed by atoms with Gasteiger partial charge in [-0.05, 0) is 44.5 Å². The minimum atomic E-state index is -1.32. The number of nitrogens with zero attached hydrogens (tertiary/aromatic N) is 2. The number of aromatic nitrogens is 2. The summed E-state index contributed by atoms with van der Waals surface area (Å²) in [4.78, 5) is 25.0. The van der Waals surface area contributed by atoms with Gasteiger partial charge in [0.2, 0.25) is 0 Å². The summed E-state index contributed by atoms with van der Waals surface area (Å²) in [5.41, 5.74) is 7.42. The van der Waals surface area contributed by atoms with Crippen molar-refractivity contribution < 1.29 is 18.0 Å². The number of hydrogen-bond acceptors (Lipinski definition) is 5. The van der Waals surface area contributed by atoms with E-state index in [0.29, 0.717) is 33.4 Å². The highest BCUT2D eigenvalue weighted by Gasteiger charge is 2.23. The summed E-state index contributed by atoms with van der Waals surface area (Å²) in [7, 11) is 1.76. The number of primary amides is 1. The van der Waals surface area contributed by atoms with Crippen LogP contribution < -0.4 is 16.5 Å². The quantitative estimate of drug-likeness (QED) is 0.468. The first-order valence-corrected chi connectivity index (χ1v) is 10.2. The van der Waals surface area contributed by atoms with Crippen molar-refractivity contribution in [3.8, 4) is 11.3 Å². The van der Waals surface area contributed by atoms with Crippen molar-refractivity contribution in [1.82, 2.24) is 9.78 Å². The van der Waals surface area contributed by atoms with E-state index in [-0.39, 0.29) is 11.1 Å². The minimum Gasteiger partial charge on any atom is -0.455 e. The summed E-state index contributed by atoms with van der Waals surface area (Å²) >= 11 is 0. The number of carbonyl (C=O) groups excluding carboxylic acids is 1. The zero-order chi connectivity index (χ0) is 24.0. The van der Waals surface area contributed by atoms with Gasteiger partial charge in [0.25, 0.3) is 5.91 Å². The largest absolute Gasteiger partial charge is 0.455 e. The average molecular weight is 452 g/mol. The number of nitrogens with one attached hydrogen (secondary N) is 1. The smallest absolute Gasteiger partial charge is 0.253 e. The first-order chi connectivity index (χ1) is 15.6. The maximum absolute atomic E-state index is 14.2. The highest BCUT2D eigenvalue weighted by Crippen LogP contribution is 2.33. The third kappa shape index (κ3) is 3.86. The minimum absolute atomic E-state index is 0.0329. The first kappa shape index (κ1) is 22.2. The summed E-state index contributed by atoms with van der Waals surface area (Å²) in [5, 5.41) is 7.54. The van der Waals surface area contributed by atoms with Crippen LogP contribution in [0.3, 0.4) is 0 Å². The molecule has 3 N–H and O–H groups in total. The summed E-state index contributed by atoms with van der Waals surface area (Å²) in [6, 6.07) is 5.17. The van der Waals surface area contributed by atoms with Crippen LogP contribution in [-0.4, -0.2) is 15.7 Å². The summed E-state index contributed by atoms with van der Waals surface area (Å²) in [6.45, 7) is 5.29. The molecule has 0 saturated heterocycles. The third-order valence-corrected chi connectivity index (χ3v) is 5.54. The highest BCUT2D eigenvalue weighted by molar-refractivity contribution is 5.99. The lowest BCUT2D eigenvalue weighted by molar-refractivity contribution is 0.0996. The highest BCUT2D eigenvalue weighted by atomic mass is 19.2. The van der Waals surface area contributed by atoms with E-state index in [9.17, 15) is 18.4 Å². The van der Waals surface area contributed by atoms with Gasteiger partial charge in [-0.15, -0.1) is 0 Å². The molecule has 1 unspecified atom stereocenters. The van der Waals surface area contributed by atoms with Crippen LogP contribution in [0.4, 0.5) is 14.5 Å². The topological polar surface area (TPSA) is 103 Å². The van der Waals surface area contributed by atoms with Gasteiger partial charge in [0.1, 0.15) is 16.9 Å². The summed E-state index contributed by atoms with van der Waals surface area (Å²) in [5.74, 6) is -3.21. The predicted octanol–water partition coefficient (Wildman–Crippen LogP) is 4.36. The van der Waals surface area contributed by atoms with Crippen LogP contribution in [0.2, 0.25) is 0 Å². The lowest BCUT2D eigenvalue weighted by Crippen LogP contribution is -2.19. The van der Waals surface area contributed by atoms with Crippen LogP contribution in [0, 0.1) is 25.5 Å². The van der Waals surface area contributed by atoms with E-state index in [4.69, 9.17) is 10.2 Å². The second kappa shape index (κ2) is 8.16. The molecule has 0 bridgehead atoms. The van der Waals surface area contributed by atoms with Crippen molar-refractivity contribution in [2.45, 2.75) is 26.8 Å². The molecule has 0 aliphatic rings. The molecule has 2 aromatic heterocycles. The Morgan fingerprint density at radius 3 is 2.61 bits per heavy atom. The third-order valence-electron chi connectivity index (χ3n) is 5.54. The van der Waals surface area contributed by atoms with Gasteiger partial charge in [-0.3, -0.25) is 14.3 Å². The van der Waals surface area contributed by atoms with Crippen LogP contribution in [0.25, 0.3) is 22.3 Å². The van der Waals surface area contributed by atoms with Gasteiger partial charge in [-0.1, -0.05) is 6.07 Å². The van der Waals surface area contributed by atoms with Gasteiger partial charge in [0.15, 0.2) is 17.1 Å². The molecule has 0 fully saturated rings. The van der Waals surface area contributed by atoms with E-state index in [2.05, 4.69) is 10.4 Å².